The van der Waals surface area contributed by atoms with Gasteiger partial charge in [-0.25, -0.2) is 0 Å². The molecule has 0 fully saturated rings. The molecule has 3 aromatic carbocycles. The monoisotopic (exact) mass is 277 g/mol. The summed E-state index contributed by atoms with van der Waals surface area (Å²) < 4.78 is 5.45. The third-order valence-electron chi connectivity index (χ3n) is 3.77. The van der Waals surface area contributed by atoms with E-state index in [0.29, 0.717) is 0 Å². The molecular weight excluding hydrogens is 258 g/mol. The average Bonchev–Trinajstić information content (AvgIpc) is 2.55. The zero-order valence-corrected chi connectivity index (χ0v) is 12.3. The molecule has 3 rings (SSSR count). The maximum atomic E-state index is 5.45. The summed E-state index contributed by atoms with van der Waals surface area (Å²) >= 11 is 0. The van der Waals surface area contributed by atoms with E-state index < -0.39 is 0 Å². The molecule has 0 aliphatic carbocycles. The normalized spacial score (nSPS) is 12.1. The van der Waals surface area contributed by atoms with Crippen LogP contribution in [0, 0.1) is 0 Å². The maximum absolute atomic E-state index is 5.45. The molecule has 0 aliphatic rings. The fraction of sp³-hybridized carbons (Fsp3) is 0.158. The van der Waals surface area contributed by atoms with E-state index in [4.69, 9.17) is 4.74 Å². The molecule has 2 nitrogen and oxygen atoms in total. The van der Waals surface area contributed by atoms with E-state index in [1.165, 1.54) is 10.8 Å². The van der Waals surface area contributed by atoms with E-state index in [1.807, 2.05) is 18.2 Å². The van der Waals surface area contributed by atoms with Gasteiger partial charge in [0.05, 0.1) is 13.2 Å². The largest absolute Gasteiger partial charge is 0.496 e. The molecule has 0 aliphatic heterocycles. The van der Waals surface area contributed by atoms with E-state index >= 15 is 0 Å². The molecule has 0 heterocycles. The van der Waals surface area contributed by atoms with Crippen LogP contribution in [0.15, 0.2) is 66.7 Å². The van der Waals surface area contributed by atoms with Gasteiger partial charge in [0, 0.05) is 16.6 Å². The molecule has 3 aromatic rings. The van der Waals surface area contributed by atoms with Crippen molar-refractivity contribution in [1.82, 2.24) is 0 Å². The molecule has 0 spiro atoms. The minimum atomic E-state index is 0.173. The molecule has 1 unspecified atom stereocenters. The molecule has 0 saturated heterocycles. The highest BCUT2D eigenvalue weighted by Crippen LogP contribution is 2.30. The Hall–Kier alpha value is -2.48. The fourth-order valence-corrected chi connectivity index (χ4v) is 2.69. The van der Waals surface area contributed by atoms with Gasteiger partial charge in [0.25, 0.3) is 0 Å². The second-order valence-electron chi connectivity index (χ2n) is 5.13. The number of nitrogens with one attached hydrogen (secondary N) is 1. The summed E-state index contributed by atoms with van der Waals surface area (Å²) in [7, 11) is 1.71. The minimum absolute atomic E-state index is 0.173. The van der Waals surface area contributed by atoms with Crippen molar-refractivity contribution in [1.29, 1.82) is 0 Å². The van der Waals surface area contributed by atoms with Gasteiger partial charge in [0.2, 0.25) is 0 Å². The number of hydrogen-bond acceptors (Lipinski definition) is 2. The summed E-state index contributed by atoms with van der Waals surface area (Å²) in [5.74, 6) is 0.915. The van der Waals surface area contributed by atoms with E-state index in [9.17, 15) is 0 Å². The van der Waals surface area contributed by atoms with Crippen molar-refractivity contribution in [3.8, 4) is 5.75 Å². The molecule has 106 valence electrons. The predicted octanol–water partition coefficient (Wildman–Crippen LogP) is 5.02. The highest BCUT2D eigenvalue weighted by molar-refractivity contribution is 5.93. The number of benzene rings is 3. The van der Waals surface area contributed by atoms with E-state index in [-0.39, 0.29) is 6.04 Å². The molecule has 0 amide bonds. The summed E-state index contributed by atoms with van der Waals surface area (Å²) in [6, 6.07) is 23.1. The van der Waals surface area contributed by atoms with Gasteiger partial charge in [-0.05, 0) is 24.4 Å². The lowest BCUT2D eigenvalue weighted by Crippen LogP contribution is -2.08. The van der Waals surface area contributed by atoms with Crippen molar-refractivity contribution >= 4 is 16.5 Å². The first-order chi connectivity index (χ1) is 10.3. The minimum Gasteiger partial charge on any atom is -0.496 e. The predicted molar refractivity (Wildman–Crippen MR) is 89.0 cm³/mol. The summed E-state index contributed by atoms with van der Waals surface area (Å²) in [5, 5.41) is 6.08. The van der Waals surface area contributed by atoms with Gasteiger partial charge in [-0.1, -0.05) is 54.6 Å². The first-order valence-electron chi connectivity index (χ1n) is 7.17. The van der Waals surface area contributed by atoms with Gasteiger partial charge in [0.15, 0.2) is 0 Å². The van der Waals surface area contributed by atoms with E-state index in [0.717, 1.165) is 17.0 Å². The van der Waals surface area contributed by atoms with E-state index in [1.54, 1.807) is 7.11 Å². The number of methoxy groups -OCH3 is 1. The molecule has 2 heteroatoms. The van der Waals surface area contributed by atoms with Crippen molar-refractivity contribution in [2.45, 2.75) is 13.0 Å². The van der Waals surface area contributed by atoms with Gasteiger partial charge in [0.1, 0.15) is 5.75 Å². The lowest BCUT2D eigenvalue weighted by atomic mass is 10.0. The molecule has 0 saturated carbocycles. The third-order valence-corrected chi connectivity index (χ3v) is 3.77. The van der Waals surface area contributed by atoms with Gasteiger partial charge >= 0.3 is 0 Å². The van der Waals surface area contributed by atoms with Crippen LogP contribution in [0.2, 0.25) is 0 Å². The lowest BCUT2D eigenvalue weighted by molar-refractivity contribution is 0.408. The van der Waals surface area contributed by atoms with Crippen LogP contribution in [0.25, 0.3) is 10.8 Å². The second kappa shape index (κ2) is 5.88. The van der Waals surface area contributed by atoms with Gasteiger partial charge < -0.3 is 10.1 Å². The van der Waals surface area contributed by atoms with Crippen molar-refractivity contribution < 1.29 is 4.74 Å². The van der Waals surface area contributed by atoms with Crippen LogP contribution in [0.3, 0.4) is 0 Å². The maximum Gasteiger partial charge on any atom is 0.124 e. The van der Waals surface area contributed by atoms with Crippen molar-refractivity contribution in [3.05, 3.63) is 72.3 Å². The van der Waals surface area contributed by atoms with Crippen molar-refractivity contribution in [3.63, 3.8) is 0 Å². The lowest BCUT2D eigenvalue weighted by Gasteiger charge is -2.19. The topological polar surface area (TPSA) is 21.3 Å². The van der Waals surface area contributed by atoms with Crippen LogP contribution in [-0.4, -0.2) is 7.11 Å². The van der Waals surface area contributed by atoms with Crippen molar-refractivity contribution in [2.24, 2.45) is 0 Å². The highest BCUT2D eigenvalue weighted by atomic mass is 16.5. The van der Waals surface area contributed by atoms with Gasteiger partial charge in [-0.15, -0.1) is 0 Å². The summed E-state index contributed by atoms with van der Waals surface area (Å²) in [6.45, 7) is 2.15. The standard InChI is InChI=1S/C19H19NO/c1-14(16-10-5-6-13-19(16)21-2)20-18-12-7-9-15-8-3-4-11-17(15)18/h3-14,20H,1-2H3. The quantitative estimate of drug-likeness (QED) is 0.723. The Morgan fingerprint density at radius 1 is 0.857 bits per heavy atom. The first-order valence-corrected chi connectivity index (χ1v) is 7.17. The van der Waals surface area contributed by atoms with Crippen LogP contribution in [0.4, 0.5) is 5.69 Å². The third kappa shape index (κ3) is 2.70. The molecule has 1 atom stereocenters. The van der Waals surface area contributed by atoms with Crippen LogP contribution in [0.1, 0.15) is 18.5 Å². The smallest absolute Gasteiger partial charge is 0.124 e. The molecule has 0 radical (unpaired) electrons. The summed E-state index contributed by atoms with van der Waals surface area (Å²) in [4.78, 5) is 0. The van der Waals surface area contributed by atoms with Crippen LogP contribution >= 0.6 is 0 Å². The summed E-state index contributed by atoms with van der Waals surface area (Å²) in [6.07, 6.45) is 0. The Bertz CT molecular complexity index is 746. The highest BCUT2D eigenvalue weighted by Gasteiger charge is 2.11. The zero-order valence-electron chi connectivity index (χ0n) is 12.3. The fourth-order valence-electron chi connectivity index (χ4n) is 2.69. The molecule has 21 heavy (non-hydrogen) atoms. The molecular formula is C19H19NO. The van der Waals surface area contributed by atoms with Crippen LogP contribution < -0.4 is 10.1 Å². The number of para-hydroxylation sites is 1. The Labute approximate surface area is 125 Å². The first kappa shape index (κ1) is 13.5. The average molecular weight is 277 g/mol. The number of rotatable bonds is 4. The molecule has 0 bridgehead atoms. The summed E-state index contributed by atoms with van der Waals surface area (Å²) in [5.41, 5.74) is 2.31. The molecule has 1 N–H and O–H groups in total. The van der Waals surface area contributed by atoms with Crippen molar-refractivity contribution in [2.75, 3.05) is 12.4 Å². The van der Waals surface area contributed by atoms with Gasteiger partial charge in [-0.2, -0.15) is 0 Å². The zero-order chi connectivity index (χ0) is 14.7. The number of anilines is 1. The SMILES string of the molecule is COc1ccccc1C(C)Nc1cccc2ccccc12. The Morgan fingerprint density at radius 2 is 1.57 bits per heavy atom. The number of hydrogen-bond donors (Lipinski definition) is 1. The number of fused-ring (bicyclic) bond motifs is 1. The number of ether oxygens (including phenoxy) is 1. The Morgan fingerprint density at radius 3 is 2.43 bits per heavy atom. The van der Waals surface area contributed by atoms with Crippen LogP contribution in [0.5, 0.6) is 5.75 Å². The second-order valence-corrected chi connectivity index (χ2v) is 5.13. The molecule has 0 aromatic heterocycles. The van der Waals surface area contributed by atoms with Crippen LogP contribution in [-0.2, 0) is 0 Å². The van der Waals surface area contributed by atoms with Gasteiger partial charge in [-0.3, -0.25) is 0 Å². The Kier molecular flexibility index (Phi) is 3.78. The van der Waals surface area contributed by atoms with E-state index in [2.05, 4.69) is 60.8 Å². The Balaban J connectivity index is 1.95.